The quantitative estimate of drug-likeness (QED) is 0.0942. The van der Waals surface area contributed by atoms with Gasteiger partial charge in [0.2, 0.25) is 0 Å². The molecular weight excluding hydrogens is 763 g/mol. The third-order valence-electron chi connectivity index (χ3n) is 9.69. The molecule has 1 N–H and O–H groups in total. The molecule has 245 valence electrons. The topological polar surface area (TPSA) is 76.5 Å². The predicted molar refractivity (Wildman–Crippen MR) is 187 cm³/mol. The second kappa shape index (κ2) is 14.0. The van der Waals surface area contributed by atoms with Crippen LogP contribution in [0.15, 0.2) is 93.6 Å². The standard InChI is InChI=1S/C28H18NO2.C13H24O2.Ir/c1-28(2)25-17(21-14-20-16-8-3-5-12-22(16)30-24(20)15-29-21)10-7-11-19(25)27-26(28)18-9-4-6-13-23(18)31-27;1-5-10(6-2)12(14)9-13(15)11(7-3)8-4;/h3-9,11-15H,1-2H3;9-11,14H,5-8H2,1-4H3;/q-1;;/b;12-9-;. The van der Waals surface area contributed by atoms with Crippen LogP contribution in [0, 0.1) is 17.9 Å². The van der Waals surface area contributed by atoms with Crippen molar-refractivity contribution in [2.75, 3.05) is 0 Å². The first-order chi connectivity index (χ1) is 22.2. The fraction of sp³-hybridized carbons (Fsp3) is 0.317. The molecule has 5 nitrogen and oxygen atoms in total. The van der Waals surface area contributed by atoms with Gasteiger partial charge in [0.25, 0.3) is 0 Å². The number of hydrogen-bond acceptors (Lipinski definition) is 5. The molecule has 0 fully saturated rings. The number of allylic oxidation sites excluding steroid dienone is 2. The van der Waals surface area contributed by atoms with Gasteiger partial charge in [0.15, 0.2) is 11.4 Å². The van der Waals surface area contributed by atoms with Crippen molar-refractivity contribution >= 4 is 38.7 Å². The van der Waals surface area contributed by atoms with E-state index in [0.717, 1.165) is 75.8 Å². The molecule has 7 rings (SSSR count). The minimum Gasteiger partial charge on any atom is -0.512 e. The number of aliphatic hydroxyl groups is 1. The van der Waals surface area contributed by atoms with Gasteiger partial charge in [-0.1, -0.05) is 89.6 Å². The van der Waals surface area contributed by atoms with Gasteiger partial charge < -0.3 is 18.9 Å². The summed E-state index contributed by atoms with van der Waals surface area (Å²) < 4.78 is 12.3. The summed E-state index contributed by atoms with van der Waals surface area (Å²) >= 11 is 0. The molecule has 0 saturated carbocycles. The van der Waals surface area contributed by atoms with Crippen molar-refractivity contribution in [3.8, 4) is 22.6 Å². The first kappa shape index (κ1) is 34.3. The molecule has 0 atom stereocenters. The fourth-order valence-corrected chi connectivity index (χ4v) is 7.07. The molecule has 3 aromatic heterocycles. The second-order valence-electron chi connectivity index (χ2n) is 12.7. The molecule has 6 aromatic rings. The van der Waals surface area contributed by atoms with Crippen LogP contribution in [0.5, 0.6) is 0 Å². The van der Waals surface area contributed by atoms with Gasteiger partial charge in [-0.05, 0) is 48.9 Å². The van der Waals surface area contributed by atoms with E-state index >= 15 is 0 Å². The van der Waals surface area contributed by atoms with Gasteiger partial charge in [-0.25, -0.2) is 0 Å². The van der Waals surface area contributed by atoms with E-state index in [1.54, 1.807) is 0 Å². The summed E-state index contributed by atoms with van der Waals surface area (Å²) in [7, 11) is 0. The van der Waals surface area contributed by atoms with Gasteiger partial charge in [0, 0.05) is 59.7 Å². The Hall–Kier alpha value is -3.99. The molecule has 0 saturated heterocycles. The second-order valence-corrected chi connectivity index (χ2v) is 12.7. The number of carbonyl (C=O) groups is 1. The van der Waals surface area contributed by atoms with E-state index in [-0.39, 0.29) is 48.9 Å². The molecule has 0 bridgehead atoms. The third-order valence-corrected chi connectivity index (χ3v) is 9.69. The number of benzene rings is 3. The van der Waals surface area contributed by atoms with Crippen LogP contribution in [0.2, 0.25) is 0 Å². The number of nitrogens with zero attached hydrogens (tertiary/aromatic N) is 1. The normalized spacial score (nSPS) is 13.5. The van der Waals surface area contributed by atoms with E-state index in [0.29, 0.717) is 0 Å². The fourth-order valence-electron chi connectivity index (χ4n) is 7.07. The summed E-state index contributed by atoms with van der Waals surface area (Å²) in [6, 6.07) is 26.1. The van der Waals surface area contributed by atoms with Gasteiger partial charge in [0.05, 0.1) is 12.0 Å². The first-order valence-electron chi connectivity index (χ1n) is 16.5. The van der Waals surface area contributed by atoms with Gasteiger partial charge >= 0.3 is 0 Å². The van der Waals surface area contributed by atoms with Gasteiger partial charge in [-0.15, -0.1) is 29.3 Å². The molecule has 3 aromatic carbocycles. The minimum atomic E-state index is -0.223. The number of pyridine rings is 1. The number of rotatable bonds is 8. The molecule has 1 aliphatic carbocycles. The van der Waals surface area contributed by atoms with E-state index in [4.69, 9.17) is 13.8 Å². The molecule has 1 radical (unpaired) electrons. The molecule has 0 unspecified atom stereocenters. The van der Waals surface area contributed by atoms with Crippen molar-refractivity contribution in [3.05, 3.63) is 102 Å². The Morgan fingerprint density at radius 3 is 2.11 bits per heavy atom. The van der Waals surface area contributed by atoms with Crippen LogP contribution >= 0.6 is 0 Å². The maximum atomic E-state index is 11.7. The first-order valence-corrected chi connectivity index (χ1v) is 16.5. The predicted octanol–water partition coefficient (Wildman–Crippen LogP) is 11.4. The molecule has 6 heteroatoms. The number of furan rings is 2. The average molecular weight is 805 g/mol. The Kier molecular flexibility index (Phi) is 10.2. The van der Waals surface area contributed by atoms with Crippen LogP contribution in [0.4, 0.5) is 0 Å². The van der Waals surface area contributed by atoms with Crippen molar-refractivity contribution < 1.29 is 38.8 Å². The van der Waals surface area contributed by atoms with Crippen molar-refractivity contribution in [1.29, 1.82) is 0 Å². The maximum Gasteiger partial charge on any atom is 0.162 e. The zero-order chi connectivity index (χ0) is 32.6. The molecular formula is C41H42IrNO4-. The number of para-hydroxylation sites is 2. The van der Waals surface area contributed by atoms with Crippen LogP contribution < -0.4 is 0 Å². The zero-order valence-corrected chi connectivity index (χ0v) is 30.3. The summed E-state index contributed by atoms with van der Waals surface area (Å²) in [5.74, 6) is 1.51. The van der Waals surface area contributed by atoms with Crippen LogP contribution in [0.25, 0.3) is 55.5 Å². The smallest absolute Gasteiger partial charge is 0.162 e. The Labute approximate surface area is 290 Å². The summed E-state index contributed by atoms with van der Waals surface area (Å²) in [6.07, 6.45) is 6.73. The number of ketones is 1. The van der Waals surface area contributed by atoms with Crippen LogP contribution in [-0.2, 0) is 30.3 Å². The van der Waals surface area contributed by atoms with Crippen molar-refractivity contribution in [1.82, 2.24) is 4.98 Å². The van der Waals surface area contributed by atoms with Crippen molar-refractivity contribution in [3.63, 3.8) is 0 Å². The van der Waals surface area contributed by atoms with E-state index in [1.165, 1.54) is 22.6 Å². The Bertz CT molecular complexity index is 2070. The SMILES string of the molecule is CC1(C)c2c(-c3cc4c(cn3)oc3ccccc34)[c-]ccc2-c2oc3ccccc3c21.CCC(CC)C(=O)/C=C(\O)C(CC)CC.[Ir]. The number of aliphatic hydroxyl groups excluding tert-OH is 1. The summed E-state index contributed by atoms with van der Waals surface area (Å²) in [4.78, 5) is 16.5. The van der Waals surface area contributed by atoms with Gasteiger partial charge in [-0.2, -0.15) is 0 Å². The molecule has 0 amide bonds. The van der Waals surface area contributed by atoms with Gasteiger partial charge in [0.1, 0.15) is 16.9 Å². The van der Waals surface area contributed by atoms with Crippen molar-refractivity contribution in [2.45, 2.75) is 72.6 Å². The molecule has 47 heavy (non-hydrogen) atoms. The van der Waals surface area contributed by atoms with Gasteiger partial charge in [-0.3, -0.25) is 4.79 Å². The number of fused-ring (bicyclic) bond motifs is 8. The zero-order valence-electron chi connectivity index (χ0n) is 27.9. The maximum absolute atomic E-state index is 11.7. The average Bonchev–Trinajstić information content (AvgIpc) is 3.71. The number of carbonyl (C=O) groups excluding carboxylic acids is 1. The molecule has 3 heterocycles. The van der Waals surface area contributed by atoms with E-state index < -0.39 is 0 Å². The summed E-state index contributed by atoms with van der Waals surface area (Å²) in [5, 5.41) is 13.1. The van der Waals surface area contributed by atoms with E-state index in [1.807, 2.05) is 70.3 Å². The number of aromatic nitrogens is 1. The van der Waals surface area contributed by atoms with E-state index in [9.17, 15) is 9.90 Å². The Morgan fingerprint density at radius 2 is 1.45 bits per heavy atom. The number of hydrogen-bond donors (Lipinski definition) is 1. The monoisotopic (exact) mass is 805 g/mol. The third kappa shape index (κ3) is 6.10. The summed E-state index contributed by atoms with van der Waals surface area (Å²) in [6.45, 7) is 12.6. The Balaban J connectivity index is 0.000000234. The molecule has 1 aliphatic rings. The molecule has 0 aliphatic heterocycles. The van der Waals surface area contributed by atoms with Crippen LogP contribution in [0.1, 0.15) is 78.4 Å². The van der Waals surface area contributed by atoms with Crippen LogP contribution in [-0.4, -0.2) is 15.9 Å². The van der Waals surface area contributed by atoms with E-state index in [2.05, 4.69) is 50.2 Å². The van der Waals surface area contributed by atoms with Crippen LogP contribution in [0.3, 0.4) is 0 Å². The Morgan fingerprint density at radius 1 is 0.830 bits per heavy atom. The summed E-state index contributed by atoms with van der Waals surface area (Å²) in [5.41, 5.74) is 7.90. The minimum absolute atomic E-state index is 0. The molecule has 0 spiro atoms. The largest absolute Gasteiger partial charge is 0.512 e. The van der Waals surface area contributed by atoms with Crippen molar-refractivity contribution in [2.24, 2.45) is 11.8 Å².